The van der Waals surface area contributed by atoms with E-state index in [-0.39, 0.29) is 30.0 Å². The molecule has 1 aliphatic carbocycles. The summed E-state index contributed by atoms with van der Waals surface area (Å²) in [5.74, 6) is 0.0536. The van der Waals surface area contributed by atoms with Crippen LogP contribution in [0.1, 0.15) is 45.4 Å². The first-order chi connectivity index (χ1) is 16.0. The van der Waals surface area contributed by atoms with Crippen LogP contribution in [0.25, 0.3) is 22.6 Å². The zero-order valence-corrected chi connectivity index (χ0v) is 23.0. The van der Waals surface area contributed by atoms with E-state index in [0.717, 1.165) is 56.1 Å². The minimum absolute atomic E-state index is 0.0149. The van der Waals surface area contributed by atoms with E-state index in [1.54, 1.807) is 6.20 Å². The Morgan fingerprint density at radius 1 is 1.21 bits per heavy atom. The van der Waals surface area contributed by atoms with Gasteiger partial charge in [-0.05, 0) is 19.8 Å². The zero-order chi connectivity index (χ0) is 22.9. The Labute approximate surface area is 207 Å². The van der Waals surface area contributed by atoms with Gasteiger partial charge in [0.25, 0.3) is 0 Å². The molecule has 1 aliphatic heterocycles. The minimum atomic E-state index is -0.495. The van der Waals surface area contributed by atoms with Crippen molar-refractivity contribution in [2.45, 2.75) is 63.6 Å². The Balaban J connectivity index is 1.30. The number of rotatable bonds is 4. The van der Waals surface area contributed by atoms with Gasteiger partial charge in [0.1, 0.15) is 0 Å². The molecule has 1 saturated carbocycles. The van der Waals surface area contributed by atoms with Crippen molar-refractivity contribution in [1.29, 1.82) is 0 Å². The molecule has 170 valence electrons. The molecule has 11 heteroatoms. The second-order valence-corrected chi connectivity index (χ2v) is 10.8. The first kappa shape index (κ1) is 22.4. The second kappa shape index (κ2) is 9.47. The van der Waals surface area contributed by atoms with Crippen LogP contribution >= 0.6 is 0 Å². The molecule has 9 nitrogen and oxygen atoms in total. The molecule has 2 amide bonds. The van der Waals surface area contributed by atoms with Crippen LogP contribution in [0.3, 0.4) is 0 Å². The number of pyridine rings is 1. The van der Waals surface area contributed by atoms with Gasteiger partial charge >= 0.3 is 166 Å². The third-order valence-electron chi connectivity index (χ3n) is 6.58. The van der Waals surface area contributed by atoms with Crippen molar-refractivity contribution >= 4 is 48.9 Å². The zero-order valence-electron chi connectivity index (χ0n) is 18.5. The maximum absolute atomic E-state index is 14.6. The molecular formula is C22H26FN8OTl. The van der Waals surface area contributed by atoms with Crippen LogP contribution < -0.4 is 10.6 Å². The first-order valence-electron chi connectivity index (χ1n) is 11.4. The van der Waals surface area contributed by atoms with Crippen molar-refractivity contribution in [1.82, 2.24) is 32.8 Å². The number of hydrogen-bond acceptors (Lipinski definition) is 6. The Hall–Kier alpha value is -2.38. The van der Waals surface area contributed by atoms with Gasteiger partial charge in [-0.25, -0.2) is 4.79 Å². The number of anilines is 1. The van der Waals surface area contributed by atoms with E-state index < -0.39 is 5.82 Å². The molecule has 3 aromatic rings. The van der Waals surface area contributed by atoms with E-state index >= 15 is 0 Å². The second-order valence-electron chi connectivity index (χ2n) is 8.90. The SMILES string of the molecule is C[C@@H]1CCCN1C(=O)N[C@@H]1CCCC(Nc2nc(-c3n[n]([Tl])c4ncccc34)ncc2F)C1. The molecule has 2 aliphatic rings. The summed E-state index contributed by atoms with van der Waals surface area (Å²) in [7, 11) is 0. The van der Waals surface area contributed by atoms with Crippen molar-refractivity contribution < 1.29 is 9.18 Å². The number of halogens is 1. The summed E-state index contributed by atoms with van der Waals surface area (Å²) in [6.45, 7) is 2.91. The molecule has 3 aromatic heterocycles. The average Bonchev–Trinajstić information content (AvgIpc) is 3.39. The first-order valence-corrected chi connectivity index (χ1v) is 13.5. The molecule has 5 rings (SSSR count). The maximum atomic E-state index is 14.6. The fourth-order valence-electron chi connectivity index (χ4n) is 4.86. The summed E-state index contributed by atoms with van der Waals surface area (Å²) in [4.78, 5) is 27.6. The van der Waals surface area contributed by atoms with E-state index in [0.29, 0.717) is 37.6 Å². The Bertz CT molecular complexity index is 1170. The summed E-state index contributed by atoms with van der Waals surface area (Å²) in [6.07, 6.45) is 8.56. The number of carbonyl (C=O) groups is 1. The molecule has 0 bridgehead atoms. The van der Waals surface area contributed by atoms with Gasteiger partial charge in [-0.2, -0.15) is 0 Å². The van der Waals surface area contributed by atoms with Crippen LogP contribution in [-0.4, -0.2) is 84.2 Å². The molecule has 0 aromatic carbocycles. The Morgan fingerprint density at radius 3 is 2.88 bits per heavy atom. The summed E-state index contributed by atoms with van der Waals surface area (Å²) in [5.41, 5.74) is 1.40. The fraction of sp³-hybridized carbons (Fsp3) is 0.500. The van der Waals surface area contributed by atoms with Crippen molar-refractivity contribution in [2.24, 2.45) is 0 Å². The van der Waals surface area contributed by atoms with Crippen LogP contribution in [0.5, 0.6) is 0 Å². The monoisotopic (exact) mass is 642 g/mol. The number of nitrogens with zero attached hydrogens (tertiary/aromatic N) is 6. The molecular weight excluding hydrogens is 616 g/mol. The van der Waals surface area contributed by atoms with Crippen LogP contribution in [0, 0.1) is 5.82 Å². The van der Waals surface area contributed by atoms with Crippen LogP contribution in [-0.2, 0) is 0 Å². The van der Waals surface area contributed by atoms with E-state index in [1.807, 2.05) is 19.5 Å². The van der Waals surface area contributed by atoms with Crippen molar-refractivity contribution in [3.05, 3.63) is 30.3 Å². The van der Waals surface area contributed by atoms with Gasteiger partial charge in [0.15, 0.2) is 0 Å². The number of likely N-dealkylation sites (tertiary alicyclic amines) is 1. The van der Waals surface area contributed by atoms with Gasteiger partial charge in [-0.15, -0.1) is 0 Å². The van der Waals surface area contributed by atoms with Gasteiger partial charge in [0.2, 0.25) is 0 Å². The van der Waals surface area contributed by atoms with Crippen molar-refractivity contribution in [3.63, 3.8) is 0 Å². The van der Waals surface area contributed by atoms with Crippen LogP contribution in [0.4, 0.5) is 15.0 Å². The van der Waals surface area contributed by atoms with E-state index in [2.05, 4.69) is 37.6 Å². The summed E-state index contributed by atoms with van der Waals surface area (Å²) < 4.78 is 16.5. The molecule has 3 atom stereocenters. The molecule has 2 N–H and O–H groups in total. The molecule has 33 heavy (non-hydrogen) atoms. The number of fused-ring (bicyclic) bond motifs is 1. The van der Waals surface area contributed by atoms with Crippen molar-refractivity contribution in [2.75, 3.05) is 11.9 Å². The van der Waals surface area contributed by atoms with Gasteiger partial charge in [0.05, 0.1) is 0 Å². The number of aromatic nitrogens is 5. The van der Waals surface area contributed by atoms with Crippen molar-refractivity contribution in [3.8, 4) is 11.5 Å². The average molecular weight is 642 g/mol. The Kier molecular flexibility index (Phi) is 6.43. The number of carbonyl (C=O) groups excluding carboxylic acids is 1. The van der Waals surface area contributed by atoms with Crippen LogP contribution in [0.2, 0.25) is 0 Å². The fourth-order valence-corrected chi connectivity index (χ4v) is 6.11. The number of hydrogen-bond donors (Lipinski definition) is 2. The normalized spacial score (nSPS) is 23.1. The predicted molar refractivity (Wildman–Crippen MR) is 123 cm³/mol. The molecule has 1 saturated heterocycles. The molecule has 4 heterocycles. The van der Waals surface area contributed by atoms with Gasteiger partial charge in [0, 0.05) is 12.6 Å². The van der Waals surface area contributed by atoms with E-state index in [4.69, 9.17) is 0 Å². The van der Waals surface area contributed by atoms with Crippen LogP contribution in [0.15, 0.2) is 24.5 Å². The number of amides is 2. The van der Waals surface area contributed by atoms with Gasteiger partial charge in [-0.3, -0.25) is 0 Å². The number of urea groups is 1. The quantitative estimate of drug-likeness (QED) is 0.425. The predicted octanol–water partition coefficient (Wildman–Crippen LogP) is 2.88. The summed E-state index contributed by atoms with van der Waals surface area (Å²) >= 11 is 0.442. The van der Waals surface area contributed by atoms with E-state index in [9.17, 15) is 9.18 Å². The summed E-state index contributed by atoms with van der Waals surface area (Å²) in [5, 5.41) is 11.9. The molecule has 0 spiro atoms. The molecule has 0 radical (unpaired) electrons. The summed E-state index contributed by atoms with van der Waals surface area (Å²) in [6, 6.07) is 4.17. The molecule has 1 unspecified atom stereocenters. The van der Waals surface area contributed by atoms with E-state index in [1.165, 1.54) is 6.20 Å². The molecule has 2 fully saturated rings. The Morgan fingerprint density at radius 2 is 2.06 bits per heavy atom. The number of nitrogens with one attached hydrogen (secondary N) is 2. The van der Waals surface area contributed by atoms with Gasteiger partial charge in [-0.1, -0.05) is 0 Å². The third kappa shape index (κ3) is 4.66. The standard InChI is InChI=1S/C22H27FN8O.Tl/c1-13-5-4-10-31(13)22(32)27-15-7-2-6-14(11-15)26-20-17(23)12-25-21(28-20)18-16-8-3-9-24-19(16)30-29-18;/h3,8-9,12-15H,2,4-7,10-11H2,1H3,(H3,24,25,26,27,28,29,30,32);/q;+1/p-1/t13-,14?,15-;/m1./s1. The van der Waals surface area contributed by atoms with Gasteiger partial charge < -0.3 is 4.90 Å². The topological polar surface area (TPSA) is 101 Å². The third-order valence-corrected chi connectivity index (χ3v) is 7.98.